The van der Waals surface area contributed by atoms with Gasteiger partial charge in [0.25, 0.3) is 5.22 Å². The molecule has 0 spiro atoms. The summed E-state index contributed by atoms with van der Waals surface area (Å²) in [6.07, 6.45) is 1.99. The van der Waals surface area contributed by atoms with Gasteiger partial charge < -0.3 is 8.94 Å². The van der Waals surface area contributed by atoms with E-state index in [9.17, 15) is 0 Å². The Labute approximate surface area is 164 Å². The molecule has 6 nitrogen and oxygen atoms in total. The minimum absolute atomic E-state index is 0.237. The van der Waals surface area contributed by atoms with Crippen molar-refractivity contribution >= 4 is 23.5 Å². The van der Waals surface area contributed by atoms with Crippen molar-refractivity contribution in [1.82, 2.24) is 20.3 Å². The van der Waals surface area contributed by atoms with Gasteiger partial charge in [0.1, 0.15) is 5.25 Å². The Balaban J connectivity index is 1.65. The second kappa shape index (κ2) is 8.41. The van der Waals surface area contributed by atoms with E-state index in [0.717, 1.165) is 11.1 Å². The molecule has 4 aromatic rings. The summed E-state index contributed by atoms with van der Waals surface area (Å²) in [5.41, 5.74) is 1.93. The van der Waals surface area contributed by atoms with Crippen LogP contribution in [0.25, 0.3) is 11.4 Å². The molecule has 27 heavy (non-hydrogen) atoms. The van der Waals surface area contributed by atoms with Crippen LogP contribution in [0, 0.1) is 0 Å². The summed E-state index contributed by atoms with van der Waals surface area (Å²) in [5.74, 6) is 2.34. The molecule has 136 valence electrons. The molecule has 1 unspecified atom stereocenters. The average molecular weight is 396 g/mol. The molecule has 0 fully saturated rings. The van der Waals surface area contributed by atoms with Gasteiger partial charge in [-0.25, -0.2) is 0 Å². The third-order valence-corrected chi connectivity index (χ3v) is 5.35. The fourth-order valence-electron chi connectivity index (χ4n) is 2.50. The van der Waals surface area contributed by atoms with Gasteiger partial charge in [-0.3, -0.25) is 0 Å². The summed E-state index contributed by atoms with van der Waals surface area (Å²) in [6.45, 7) is 0. The van der Waals surface area contributed by atoms with E-state index in [2.05, 4.69) is 20.3 Å². The SMILES string of the molecule is CSCc1nnc(SC(c2ccccc2)c2nc(-c3ccccc3)no2)o1. The van der Waals surface area contributed by atoms with Gasteiger partial charge in [0.2, 0.25) is 17.6 Å². The maximum Gasteiger partial charge on any atom is 0.277 e. The number of hydrogen-bond donors (Lipinski definition) is 0. The smallest absolute Gasteiger partial charge is 0.277 e. The second-order valence-electron chi connectivity index (χ2n) is 5.63. The monoisotopic (exact) mass is 396 g/mol. The first kappa shape index (κ1) is 17.8. The molecule has 2 aromatic heterocycles. The zero-order valence-electron chi connectivity index (χ0n) is 14.5. The van der Waals surface area contributed by atoms with E-state index >= 15 is 0 Å². The van der Waals surface area contributed by atoms with Crippen LogP contribution in [0.2, 0.25) is 0 Å². The molecule has 0 saturated heterocycles. The first-order valence-corrected chi connectivity index (χ1v) is 10.5. The van der Waals surface area contributed by atoms with Crippen molar-refractivity contribution in [2.75, 3.05) is 6.26 Å². The Morgan fingerprint density at radius 2 is 1.70 bits per heavy atom. The lowest BCUT2D eigenvalue weighted by molar-refractivity contribution is 0.382. The van der Waals surface area contributed by atoms with Crippen LogP contribution in [0.5, 0.6) is 0 Å². The molecule has 2 heterocycles. The average Bonchev–Trinajstić information content (AvgIpc) is 3.37. The Bertz CT molecular complexity index is 989. The van der Waals surface area contributed by atoms with Gasteiger partial charge >= 0.3 is 0 Å². The van der Waals surface area contributed by atoms with Gasteiger partial charge in [-0.05, 0) is 23.6 Å². The van der Waals surface area contributed by atoms with Crippen molar-refractivity contribution in [1.29, 1.82) is 0 Å². The Morgan fingerprint density at radius 3 is 2.44 bits per heavy atom. The number of nitrogens with zero attached hydrogens (tertiary/aromatic N) is 4. The van der Waals surface area contributed by atoms with Crippen LogP contribution in [0.4, 0.5) is 0 Å². The van der Waals surface area contributed by atoms with E-state index in [0.29, 0.717) is 28.6 Å². The quantitative estimate of drug-likeness (QED) is 0.410. The van der Waals surface area contributed by atoms with Gasteiger partial charge in [-0.1, -0.05) is 65.8 Å². The Morgan fingerprint density at radius 1 is 0.963 bits per heavy atom. The summed E-state index contributed by atoms with van der Waals surface area (Å²) in [4.78, 5) is 4.60. The lowest BCUT2D eigenvalue weighted by Crippen LogP contribution is -1.97. The third kappa shape index (κ3) is 4.23. The van der Waals surface area contributed by atoms with Gasteiger partial charge in [0.05, 0.1) is 5.75 Å². The molecule has 0 amide bonds. The van der Waals surface area contributed by atoms with Crippen LogP contribution in [-0.2, 0) is 5.75 Å². The van der Waals surface area contributed by atoms with Crippen molar-refractivity contribution in [3.8, 4) is 11.4 Å². The van der Waals surface area contributed by atoms with Gasteiger partial charge in [-0.15, -0.1) is 10.2 Å². The van der Waals surface area contributed by atoms with E-state index < -0.39 is 0 Å². The number of hydrogen-bond acceptors (Lipinski definition) is 8. The highest BCUT2D eigenvalue weighted by atomic mass is 32.2. The first-order chi connectivity index (χ1) is 13.3. The van der Waals surface area contributed by atoms with Crippen LogP contribution in [-0.4, -0.2) is 26.6 Å². The van der Waals surface area contributed by atoms with Crippen molar-refractivity contribution < 1.29 is 8.94 Å². The van der Waals surface area contributed by atoms with Gasteiger partial charge in [0.15, 0.2) is 0 Å². The predicted molar refractivity (Wildman–Crippen MR) is 105 cm³/mol. The number of thioether (sulfide) groups is 2. The Kier molecular flexibility index (Phi) is 5.55. The van der Waals surface area contributed by atoms with Crippen LogP contribution >= 0.6 is 23.5 Å². The summed E-state index contributed by atoms with van der Waals surface area (Å²) in [5, 5.41) is 12.6. The fourth-order valence-corrected chi connectivity index (χ4v) is 3.79. The molecule has 0 aliphatic carbocycles. The minimum atomic E-state index is -0.237. The van der Waals surface area contributed by atoms with Gasteiger partial charge in [-0.2, -0.15) is 16.7 Å². The largest absolute Gasteiger partial charge is 0.415 e. The van der Waals surface area contributed by atoms with Crippen LogP contribution in [0.1, 0.15) is 22.6 Å². The molecule has 0 aliphatic heterocycles. The first-order valence-electron chi connectivity index (χ1n) is 8.25. The van der Waals surface area contributed by atoms with E-state index in [-0.39, 0.29) is 5.25 Å². The molecule has 0 saturated carbocycles. The van der Waals surface area contributed by atoms with E-state index in [4.69, 9.17) is 8.94 Å². The second-order valence-corrected chi connectivity index (χ2v) is 7.55. The van der Waals surface area contributed by atoms with Crippen LogP contribution < -0.4 is 0 Å². The maximum atomic E-state index is 5.72. The van der Waals surface area contributed by atoms with Gasteiger partial charge in [0, 0.05) is 5.56 Å². The molecule has 2 aromatic carbocycles. The molecular formula is C19H16N4O2S2. The topological polar surface area (TPSA) is 77.8 Å². The van der Waals surface area contributed by atoms with Crippen molar-refractivity contribution in [2.24, 2.45) is 0 Å². The molecular weight excluding hydrogens is 380 g/mol. The third-order valence-electron chi connectivity index (χ3n) is 3.74. The summed E-state index contributed by atoms with van der Waals surface area (Å²) in [7, 11) is 0. The highest BCUT2D eigenvalue weighted by molar-refractivity contribution is 7.99. The standard InChI is InChI=1S/C19H16N4O2S2/c1-26-12-15-21-22-19(24-15)27-16(13-8-4-2-5-9-13)18-20-17(23-25-18)14-10-6-3-7-11-14/h2-11,16H,12H2,1H3. The van der Waals surface area contributed by atoms with E-state index in [1.807, 2.05) is 66.9 Å². The maximum absolute atomic E-state index is 5.72. The molecule has 0 N–H and O–H groups in total. The molecule has 4 rings (SSSR count). The lowest BCUT2D eigenvalue weighted by Gasteiger charge is -2.10. The summed E-state index contributed by atoms with van der Waals surface area (Å²) in [6, 6.07) is 19.7. The molecule has 0 radical (unpaired) electrons. The molecule has 0 aliphatic rings. The number of rotatable bonds is 7. The van der Waals surface area contributed by atoms with Crippen LogP contribution in [0.15, 0.2) is 74.8 Å². The van der Waals surface area contributed by atoms with Crippen molar-refractivity contribution in [3.05, 3.63) is 78.0 Å². The predicted octanol–water partition coefficient (Wildman–Crippen LogP) is 4.86. The van der Waals surface area contributed by atoms with Crippen LogP contribution in [0.3, 0.4) is 0 Å². The number of benzene rings is 2. The Hall–Kier alpha value is -2.58. The summed E-state index contributed by atoms with van der Waals surface area (Å²) < 4.78 is 11.3. The van der Waals surface area contributed by atoms with Crippen molar-refractivity contribution in [2.45, 2.75) is 16.2 Å². The van der Waals surface area contributed by atoms with E-state index in [1.54, 1.807) is 11.8 Å². The van der Waals surface area contributed by atoms with Crippen molar-refractivity contribution in [3.63, 3.8) is 0 Å². The minimum Gasteiger partial charge on any atom is -0.415 e. The normalized spacial score (nSPS) is 12.2. The van der Waals surface area contributed by atoms with E-state index in [1.165, 1.54) is 11.8 Å². The highest BCUT2D eigenvalue weighted by Gasteiger charge is 2.25. The highest BCUT2D eigenvalue weighted by Crippen LogP contribution is 2.39. The number of aromatic nitrogens is 4. The zero-order chi connectivity index (χ0) is 18.5. The fraction of sp³-hybridized carbons (Fsp3) is 0.158. The molecule has 1 atom stereocenters. The lowest BCUT2D eigenvalue weighted by atomic mass is 10.1. The molecule has 8 heteroatoms. The molecule has 0 bridgehead atoms. The zero-order valence-corrected chi connectivity index (χ0v) is 16.1. The summed E-state index contributed by atoms with van der Waals surface area (Å²) >= 11 is 3.04.